The number of anilines is 1. The van der Waals surface area contributed by atoms with Crippen molar-refractivity contribution < 1.29 is 14.3 Å². The monoisotopic (exact) mass is 409 g/mol. The highest BCUT2D eigenvalue weighted by Gasteiger charge is 2.25. The number of methoxy groups -OCH3 is 1. The molecule has 0 saturated carbocycles. The van der Waals surface area contributed by atoms with Gasteiger partial charge in [-0.05, 0) is 48.9 Å². The van der Waals surface area contributed by atoms with Crippen molar-refractivity contribution in [2.45, 2.75) is 44.4 Å². The van der Waals surface area contributed by atoms with Crippen molar-refractivity contribution in [3.63, 3.8) is 0 Å². The van der Waals surface area contributed by atoms with E-state index in [9.17, 15) is 9.59 Å². The zero-order valence-corrected chi connectivity index (χ0v) is 17.7. The molecule has 1 fully saturated rings. The van der Waals surface area contributed by atoms with Crippen LogP contribution >= 0.6 is 0 Å². The van der Waals surface area contributed by atoms with Crippen LogP contribution < -0.4 is 5.32 Å². The Balaban J connectivity index is 1.51. The Hall–Kier alpha value is -2.89. The molecule has 2 heterocycles. The van der Waals surface area contributed by atoms with Crippen molar-refractivity contribution >= 4 is 17.7 Å². The molecule has 0 bridgehead atoms. The molecule has 1 aliphatic rings. The van der Waals surface area contributed by atoms with Crippen LogP contribution in [-0.4, -0.2) is 48.5 Å². The van der Waals surface area contributed by atoms with Crippen LogP contribution in [-0.2, 0) is 20.7 Å². The smallest absolute Gasteiger partial charge is 0.305 e. The largest absolute Gasteiger partial charge is 0.469 e. The van der Waals surface area contributed by atoms with Gasteiger partial charge in [-0.1, -0.05) is 30.3 Å². The first-order valence-electron chi connectivity index (χ1n) is 10.7. The van der Waals surface area contributed by atoms with Crippen LogP contribution in [0.25, 0.3) is 0 Å². The number of hydrogen-bond acceptors (Lipinski definition) is 5. The molecule has 0 radical (unpaired) electrons. The summed E-state index contributed by atoms with van der Waals surface area (Å²) in [5.74, 6) is 1.19. The molecular weight excluding hydrogens is 378 g/mol. The lowest BCUT2D eigenvalue weighted by molar-refractivity contribution is -0.140. The second kappa shape index (κ2) is 11.3. The number of esters is 1. The molecule has 3 rings (SSSR count). The average molecular weight is 410 g/mol. The third-order valence-corrected chi connectivity index (χ3v) is 5.63. The third-order valence-electron chi connectivity index (χ3n) is 5.63. The molecule has 1 aromatic carbocycles. The number of nitrogens with one attached hydrogen (secondary N) is 1. The molecule has 1 aliphatic heterocycles. The summed E-state index contributed by atoms with van der Waals surface area (Å²) in [6.07, 6.45) is 6.21. The molecule has 160 valence electrons. The summed E-state index contributed by atoms with van der Waals surface area (Å²) in [6.45, 7) is 2.31. The Labute approximate surface area is 178 Å². The Bertz CT molecular complexity index is 825. The van der Waals surface area contributed by atoms with E-state index in [0.29, 0.717) is 25.2 Å². The molecule has 1 aromatic heterocycles. The average Bonchev–Trinajstić information content (AvgIpc) is 2.81. The van der Waals surface area contributed by atoms with Gasteiger partial charge in [0.25, 0.3) is 0 Å². The highest BCUT2D eigenvalue weighted by Crippen LogP contribution is 2.30. The molecular formula is C24H31N3O3. The molecule has 30 heavy (non-hydrogen) atoms. The summed E-state index contributed by atoms with van der Waals surface area (Å²) < 4.78 is 4.78. The molecule has 2 aromatic rings. The van der Waals surface area contributed by atoms with Crippen molar-refractivity contribution in [1.82, 2.24) is 9.88 Å². The summed E-state index contributed by atoms with van der Waals surface area (Å²) in [5, 5.41) is 3.25. The summed E-state index contributed by atoms with van der Waals surface area (Å²) in [4.78, 5) is 30.5. The van der Waals surface area contributed by atoms with Crippen LogP contribution in [0.15, 0.2) is 48.7 Å². The molecule has 6 heteroatoms. The minimum atomic E-state index is -0.190. The topological polar surface area (TPSA) is 71.5 Å². The minimum absolute atomic E-state index is 0.190. The summed E-state index contributed by atoms with van der Waals surface area (Å²) in [5.41, 5.74) is 2.44. The molecule has 0 aliphatic carbocycles. The van der Waals surface area contributed by atoms with Crippen LogP contribution in [0.2, 0.25) is 0 Å². The van der Waals surface area contributed by atoms with E-state index in [0.717, 1.165) is 44.7 Å². The second-order valence-corrected chi connectivity index (χ2v) is 7.70. The van der Waals surface area contributed by atoms with Crippen molar-refractivity contribution in [3.05, 3.63) is 59.8 Å². The van der Waals surface area contributed by atoms with E-state index in [1.807, 2.05) is 35.2 Å². The number of amides is 1. The van der Waals surface area contributed by atoms with Crippen molar-refractivity contribution in [1.29, 1.82) is 0 Å². The lowest BCUT2D eigenvalue weighted by Gasteiger charge is -2.34. The van der Waals surface area contributed by atoms with Gasteiger partial charge in [0.15, 0.2) is 0 Å². The van der Waals surface area contributed by atoms with Gasteiger partial charge in [-0.3, -0.25) is 9.59 Å². The SMILES string of the molecule is COC(=O)CCc1ccccc1C1CCCN(C(=O)CCCNc2ccccn2)C1. The van der Waals surface area contributed by atoms with Gasteiger partial charge in [-0.25, -0.2) is 4.98 Å². The van der Waals surface area contributed by atoms with Crippen molar-refractivity contribution in [3.8, 4) is 0 Å². The number of nitrogens with zero attached hydrogens (tertiary/aromatic N) is 2. The predicted molar refractivity (Wildman–Crippen MR) is 117 cm³/mol. The Morgan fingerprint density at radius 2 is 2.00 bits per heavy atom. The number of carbonyl (C=O) groups is 2. The Morgan fingerprint density at radius 1 is 1.17 bits per heavy atom. The summed E-state index contributed by atoms with van der Waals surface area (Å²) >= 11 is 0. The number of likely N-dealkylation sites (tertiary alicyclic amines) is 1. The van der Waals surface area contributed by atoms with Gasteiger partial charge in [0.1, 0.15) is 5.82 Å². The van der Waals surface area contributed by atoms with Crippen LogP contribution in [0.1, 0.15) is 49.1 Å². The summed E-state index contributed by atoms with van der Waals surface area (Å²) in [6, 6.07) is 14.0. The quantitative estimate of drug-likeness (QED) is 0.504. The fraction of sp³-hybridized carbons (Fsp3) is 0.458. The first kappa shape index (κ1) is 21.8. The van der Waals surface area contributed by atoms with Gasteiger partial charge < -0.3 is 15.0 Å². The second-order valence-electron chi connectivity index (χ2n) is 7.70. The molecule has 1 N–H and O–H groups in total. The van der Waals surface area contributed by atoms with E-state index in [1.165, 1.54) is 18.2 Å². The molecule has 1 saturated heterocycles. The van der Waals surface area contributed by atoms with E-state index in [1.54, 1.807) is 6.20 Å². The lowest BCUT2D eigenvalue weighted by atomic mass is 9.86. The van der Waals surface area contributed by atoms with Gasteiger partial charge in [0.2, 0.25) is 5.91 Å². The van der Waals surface area contributed by atoms with Crippen LogP contribution in [0, 0.1) is 0 Å². The molecule has 1 amide bonds. The highest BCUT2D eigenvalue weighted by molar-refractivity contribution is 5.76. The number of hydrogen-bond donors (Lipinski definition) is 1. The Kier molecular flexibility index (Phi) is 8.24. The van der Waals surface area contributed by atoms with Crippen LogP contribution in [0.4, 0.5) is 5.82 Å². The fourth-order valence-electron chi connectivity index (χ4n) is 4.04. The molecule has 1 unspecified atom stereocenters. The first-order chi connectivity index (χ1) is 14.7. The number of benzene rings is 1. The number of pyridine rings is 1. The van der Waals surface area contributed by atoms with E-state index in [-0.39, 0.29) is 11.9 Å². The summed E-state index contributed by atoms with van der Waals surface area (Å²) in [7, 11) is 1.42. The minimum Gasteiger partial charge on any atom is -0.469 e. The number of aryl methyl sites for hydroxylation is 1. The van der Waals surface area contributed by atoms with E-state index in [2.05, 4.69) is 22.4 Å². The maximum Gasteiger partial charge on any atom is 0.305 e. The van der Waals surface area contributed by atoms with Crippen molar-refractivity contribution in [2.24, 2.45) is 0 Å². The van der Waals surface area contributed by atoms with Gasteiger partial charge in [-0.15, -0.1) is 0 Å². The third kappa shape index (κ3) is 6.31. The van der Waals surface area contributed by atoms with Crippen molar-refractivity contribution in [2.75, 3.05) is 32.1 Å². The fourth-order valence-corrected chi connectivity index (χ4v) is 4.04. The van der Waals surface area contributed by atoms with E-state index >= 15 is 0 Å². The van der Waals surface area contributed by atoms with Gasteiger partial charge >= 0.3 is 5.97 Å². The number of aromatic nitrogens is 1. The molecule has 6 nitrogen and oxygen atoms in total. The molecule has 1 atom stereocenters. The maximum absolute atomic E-state index is 12.7. The maximum atomic E-state index is 12.7. The van der Waals surface area contributed by atoms with Crippen LogP contribution in [0.5, 0.6) is 0 Å². The van der Waals surface area contributed by atoms with E-state index < -0.39 is 0 Å². The zero-order chi connectivity index (χ0) is 21.2. The number of carbonyl (C=O) groups excluding carboxylic acids is 2. The van der Waals surface area contributed by atoms with Gasteiger partial charge in [0.05, 0.1) is 7.11 Å². The standard InChI is InChI=1S/C24H31N3O3/c1-30-24(29)14-13-19-8-2-3-10-21(19)20-9-7-17-27(18-20)23(28)12-6-16-26-22-11-4-5-15-25-22/h2-5,8,10-11,15,20H,6-7,9,12-14,16-18H2,1H3,(H,25,26). The van der Waals surface area contributed by atoms with Gasteiger partial charge in [-0.2, -0.15) is 0 Å². The highest BCUT2D eigenvalue weighted by atomic mass is 16.5. The lowest BCUT2D eigenvalue weighted by Crippen LogP contribution is -2.39. The number of rotatable bonds is 9. The first-order valence-corrected chi connectivity index (χ1v) is 10.7. The van der Waals surface area contributed by atoms with Crippen LogP contribution in [0.3, 0.4) is 0 Å². The Morgan fingerprint density at radius 3 is 2.80 bits per heavy atom. The number of ether oxygens (including phenoxy) is 1. The van der Waals surface area contributed by atoms with Gasteiger partial charge in [0, 0.05) is 44.6 Å². The number of piperidine rings is 1. The zero-order valence-electron chi connectivity index (χ0n) is 17.7. The predicted octanol–water partition coefficient (Wildman–Crippen LogP) is 3.79. The molecule has 0 spiro atoms. The van der Waals surface area contributed by atoms with E-state index in [4.69, 9.17) is 4.74 Å². The normalized spacial score (nSPS) is 16.2.